The molecule has 2 N–H and O–H groups in total. The summed E-state index contributed by atoms with van der Waals surface area (Å²) < 4.78 is 0. The van der Waals surface area contributed by atoms with Gasteiger partial charge in [0.25, 0.3) is 5.69 Å². The number of thiophene rings is 1. The van der Waals surface area contributed by atoms with E-state index in [1.165, 1.54) is 16.5 Å². The number of para-hydroxylation sites is 1. The Balaban J connectivity index is 2.07. The molecule has 0 saturated carbocycles. The van der Waals surface area contributed by atoms with Crippen molar-refractivity contribution in [3.8, 4) is 0 Å². The molecule has 2 aromatic rings. The van der Waals surface area contributed by atoms with E-state index in [9.17, 15) is 10.1 Å². The molecule has 0 atom stereocenters. The summed E-state index contributed by atoms with van der Waals surface area (Å²) in [4.78, 5) is 16.4. The molecule has 0 spiro atoms. The molecule has 0 unspecified atom stereocenters. The van der Waals surface area contributed by atoms with Crippen molar-refractivity contribution < 1.29 is 4.92 Å². The predicted octanol–water partition coefficient (Wildman–Crippen LogP) is 3.22. The lowest BCUT2D eigenvalue weighted by Gasteiger charge is -2.11. The number of nitro benzene ring substituents is 1. The highest BCUT2D eigenvalue weighted by Crippen LogP contribution is 2.18. The average Bonchev–Trinajstić information content (AvgIpc) is 2.95. The van der Waals surface area contributed by atoms with E-state index in [1.54, 1.807) is 29.5 Å². The fourth-order valence-electron chi connectivity index (χ4n) is 2.08. The Labute approximate surface area is 139 Å². The van der Waals surface area contributed by atoms with Crippen LogP contribution in [0.2, 0.25) is 0 Å². The lowest BCUT2D eigenvalue weighted by Crippen LogP contribution is -2.36. The summed E-state index contributed by atoms with van der Waals surface area (Å²) >= 11 is 1.70. The third kappa shape index (κ3) is 4.79. The number of hydrogen-bond donors (Lipinski definition) is 2. The third-order valence-electron chi connectivity index (χ3n) is 3.32. The van der Waals surface area contributed by atoms with Crippen LogP contribution in [0.1, 0.15) is 22.9 Å². The maximum absolute atomic E-state index is 11.0. The van der Waals surface area contributed by atoms with Crippen molar-refractivity contribution in [2.24, 2.45) is 4.99 Å². The Morgan fingerprint density at radius 1 is 1.30 bits per heavy atom. The van der Waals surface area contributed by atoms with Crippen LogP contribution in [-0.2, 0) is 13.1 Å². The van der Waals surface area contributed by atoms with Gasteiger partial charge >= 0.3 is 0 Å². The van der Waals surface area contributed by atoms with E-state index >= 15 is 0 Å². The first kappa shape index (κ1) is 17.0. The topological polar surface area (TPSA) is 79.6 Å². The molecule has 1 heterocycles. The summed E-state index contributed by atoms with van der Waals surface area (Å²) in [6.45, 7) is 5.73. The summed E-state index contributed by atoms with van der Waals surface area (Å²) in [5, 5.41) is 19.5. The first-order valence-electron chi connectivity index (χ1n) is 7.39. The van der Waals surface area contributed by atoms with Crippen molar-refractivity contribution in [1.29, 1.82) is 0 Å². The van der Waals surface area contributed by atoms with E-state index in [1.807, 2.05) is 6.92 Å². The molecule has 0 aliphatic heterocycles. The van der Waals surface area contributed by atoms with Crippen LogP contribution in [-0.4, -0.2) is 17.4 Å². The second-order valence-corrected chi connectivity index (χ2v) is 5.96. The summed E-state index contributed by atoms with van der Waals surface area (Å²) in [5.41, 5.74) is 1.94. The van der Waals surface area contributed by atoms with Gasteiger partial charge < -0.3 is 10.6 Å². The molecule has 0 saturated heterocycles. The van der Waals surface area contributed by atoms with E-state index in [4.69, 9.17) is 0 Å². The van der Waals surface area contributed by atoms with Crippen molar-refractivity contribution in [1.82, 2.24) is 10.6 Å². The van der Waals surface area contributed by atoms with E-state index in [2.05, 4.69) is 34.0 Å². The Morgan fingerprint density at radius 3 is 2.74 bits per heavy atom. The van der Waals surface area contributed by atoms with Gasteiger partial charge in [0, 0.05) is 17.5 Å². The number of rotatable bonds is 6. The zero-order valence-corrected chi connectivity index (χ0v) is 14.0. The van der Waals surface area contributed by atoms with Gasteiger partial charge in [-0.2, -0.15) is 0 Å². The Morgan fingerprint density at radius 2 is 2.09 bits per heavy atom. The second kappa shape index (κ2) is 8.28. The lowest BCUT2D eigenvalue weighted by atomic mass is 10.2. The molecule has 0 aliphatic rings. The highest BCUT2D eigenvalue weighted by atomic mass is 32.1. The first-order chi connectivity index (χ1) is 11.1. The normalized spacial score (nSPS) is 11.3. The van der Waals surface area contributed by atoms with Gasteiger partial charge in [-0.3, -0.25) is 10.1 Å². The SMILES string of the molecule is CCNC(=NCc1ccccc1[N+](=O)[O-])NCc1sccc1C. The quantitative estimate of drug-likeness (QED) is 0.368. The number of aryl methyl sites for hydroxylation is 1. The fraction of sp³-hybridized carbons (Fsp3) is 0.312. The summed E-state index contributed by atoms with van der Waals surface area (Å²) in [5.74, 6) is 0.651. The molecule has 1 aromatic heterocycles. The van der Waals surface area contributed by atoms with E-state index < -0.39 is 0 Å². The summed E-state index contributed by atoms with van der Waals surface area (Å²) in [7, 11) is 0. The van der Waals surface area contributed by atoms with E-state index in [0.717, 1.165) is 6.54 Å². The van der Waals surface area contributed by atoms with E-state index in [-0.39, 0.29) is 17.2 Å². The van der Waals surface area contributed by atoms with Gasteiger partial charge in [0.1, 0.15) is 0 Å². The molecular weight excluding hydrogens is 312 g/mol. The minimum atomic E-state index is -0.375. The molecule has 0 fully saturated rings. The minimum absolute atomic E-state index is 0.0983. The smallest absolute Gasteiger partial charge is 0.274 e. The Bertz CT molecular complexity index is 697. The fourth-order valence-corrected chi connectivity index (χ4v) is 2.92. The van der Waals surface area contributed by atoms with Crippen LogP contribution in [0, 0.1) is 17.0 Å². The molecule has 23 heavy (non-hydrogen) atoms. The van der Waals surface area contributed by atoms with Crippen molar-refractivity contribution in [3.05, 3.63) is 61.8 Å². The average molecular weight is 332 g/mol. The van der Waals surface area contributed by atoms with Gasteiger partial charge in [-0.1, -0.05) is 18.2 Å². The number of nitrogens with one attached hydrogen (secondary N) is 2. The van der Waals surface area contributed by atoms with Crippen LogP contribution >= 0.6 is 11.3 Å². The molecule has 2 rings (SSSR count). The van der Waals surface area contributed by atoms with Crippen molar-refractivity contribution in [2.45, 2.75) is 26.9 Å². The Hall–Kier alpha value is -2.41. The molecular formula is C16H20N4O2S. The van der Waals surface area contributed by atoms with Crippen LogP contribution < -0.4 is 10.6 Å². The highest BCUT2D eigenvalue weighted by molar-refractivity contribution is 7.10. The lowest BCUT2D eigenvalue weighted by molar-refractivity contribution is -0.385. The van der Waals surface area contributed by atoms with Crippen LogP contribution in [0.3, 0.4) is 0 Å². The van der Waals surface area contributed by atoms with Crippen LogP contribution in [0.4, 0.5) is 5.69 Å². The number of hydrogen-bond acceptors (Lipinski definition) is 4. The predicted molar refractivity (Wildman–Crippen MR) is 93.8 cm³/mol. The third-order valence-corrected chi connectivity index (χ3v) is 4.35. The summed E-state index contributed by atoms with van der Waals surface area (Å²) in [6.07, 6.45) is 0. The highest BCUT2D eigenvalue weighted by Gasteiger charge is 2.11. The first-order valence-corrected chi connectivity index (χ1v) is 8.27. The molecule has 0 amide bonds. The minimum Gasteiger partial charge on any atom is -0.357 e. The standard InChI is InChI=1S/C16H20N4O2S/c1-3-17-16(19-11-15-12(2)8-9-23-15)18-10-13-6-4-5-7-14(13)20(21)22/h4-9H,3,10-11H2,1-2H3,(H2,17,18,19). The van der Waals surface area contributed by atoms with Gasteiger partial charge in [-0.15, -0.1) is 11.3 Å². The summed E-state index contributed by atoms with van der Waals surface area (Å²) in [6, 6.07) is 8.76. The molecule has 1 aromatic carbocycles. The molecule has 6 nitrogen and oxygen atoms in total. The Kier molecular flexibility index (Phi) is 6.10. The van der Waals surface area contributed by atoms with Gasteiger partial charge in [0.05, 0.1) is 23.6 Å². The number of nitrogens with zero attached hydrogens (tertiary/aromatic N) is 2. The monoisotopic (exact) mass is 332 g/mol. The maximum Gasteiger partial charge on any atom is 0.274 e. The van der Waals surface area contributed by atoms with Crippen LogP contribution in [0.15, 0.2) is 40.7 Å². The van der Waals surface area contributed by atoms with Gasteiger partial charge in [-0.25, -0.2) is 4.99 Å². The van der Waals surface area contributed by atoms with Gasteiger partial charge in [-0.05, 0) is 30.9 Å². The van der Waals surface area contributed by atoms with Gasteiger partial charge in [0.2, 0.25) is 0 Å². The molecule has 0 aliphatic carbocycles. The molecule has 122 valence electrons. The molecule has 7 heteroatoms. The van der Waals surface area contributed by atoms with Crippen molar-refractivity contribution in [3.63, 3.8) is 0 Å². The molecule has 0 radical (unpaired) electrons. The van der Waals surface area contributed by atoms with Crippen LogP contribution in [0.25, 0.3) is 0 Å². The van der Waals surface area contributed by atoms with Gasteiger partial charge in [0.15, 0.2) is 5.96 Å². The van der Waals surface area contributed by atoms with Crippen molar-refractivity contribution in [2.75, 3.05) is 6.54 Å². The van der Waals surface area contributed by atoms with E-state index in [0.29, 0.717) is 18.1 Å². The molecule has 0 bridgehead atoms. The second-order valence-electron chi connectivity index (χ2n) is 4.96. The number of guanidine groups is 1. The maximum atomic E-state index is 11.0. The number of benzene rings is 1. The zero-order valence-electron chi connectivity index (χ0n) is 13.2. The zero-order chi connectivity index (χ0) is 16.7. The van der Waals surface area contributed by atoms with Crippen LogP contribution in [0.5, 0.6) is 0 Å². The van der Waals surface area contributed by atoms with Crippen molar-refractivity contribution >= 4 is 23.0 Å². The largest absolute Gasteiger partial charge is 0.357 e. The number of aliphatic imine (C=N–C) groups is 1. The number of nitro groups is 1.